The maximum atomic E-state index is 5.46. The number of halogens is 1. The highest BCUT2D eigenvalue weighted by molar-refractivity contribution is 9.09. The fraction of sp³-hybridized carbons (Fsp3) is 0.636. The lowest BCUT2D eigenvalue weighted by atomic mass is 9.98. The van der Waals surface area contributed by atoms with E-state index in [1.54, 1.807) is 6.26 Å². The minimum Gasteiger partial charge on any atom is -0.469 e. The fourth-order valence-electron chi connectivity index (χ4n) is 2.08. The van der Waals surface area contributed by atoms with Gasteiger partial charge in [-0.25, -0.2) is 0 Å². The Labute approximate surface area is 87.6 Å². The lowest BCUT2D eigenvalue weighted by Gasteiger charge is -2.12. The van der Waals surface area contributed by atoms with Gasteiger partial charge in [0.2, 0.25) is 0 Å². The van der Waals surface area contributed by atoms with Crippen LogP contribution in [0.1, 0.15) is 43.8 Å². The van der Waals surface area contributed by atoms with Crippen LogP contribution in [0.4, 0.5) is 0 Å². The second kappa shape index (κ2) is 4.32. The molecule has 2 rings (SSSR count). The van der Waals surface area contributed by atoms with Crippen molar-refractivity contribution in [3.63, 3.8) is 0 Å². The van der Waals surface area contributed by atoms with Gasteiger partial charge in [-0.15, -0.1) is 0 Å². The highest BCUT2D eigenvalue weighted by atomic mass is 79.9. The van der Waals surface area contributed by atoms with E-state index in [-0.39, 0.29) is 0 Å². The third kappa shape index (κ3) is 2.37. The standard InChI is InChI=1S/C11H15BrO/c12-10-5-2-1-4-9(8-10)11-6-3-7-13-11/h3,6-7,9-10H,1-2,4-5,8H2. The first-order valence-electron chi connectivity index (χ1n) is 5.04. The zero-order valence-corrected chi connectivity index (χ0v) is 9.29. The summed E-state index contributed by atoms with van der Waals surface area (Å²) >= 11 is 3.72. The second-order valence-electron chi connectivity index (χ2n) is 3.83. The average Bonchev–Trinajstić information content (AvgIpc) is 2.56. The number of alkyl halides is 1. The molecule has 1 nitrogen and oxygen atoms in total. The van der Waals surface area contributed by atoms with Crippen LogP contribution < -0.4 is 0 Å². The van der Waals surface area contributed by atoms with Crippen molar-refractivity contribution >= 4 is 15.9 Å². The van der Waals surface area contributed by atoms with Crippen molar-refractivity contribution in [3.8, 4) is 0 Å². The molecule has 1 aliphatic carbocycles. The maximum Gasteiger partial charge on any atom is 0.106 e. The average molecular weight is 243 g/mol. The lowest BCUT2D eigenvalue weighted by Crippen LogP contribution is -2.02. The first-order chi connectivity index (χ1) is 6.36. The van der Waals surface area contributed by atoms with Gasteiger partial charge in [0.15, 0.2) is 0 Å². The molecule has 0 aromatic carbocycles. The van der Waals surface area contributed by atoms with Crippen LogP contribution in [0.15, 0.2) is 22.8 Å². The van der Waals surface area contributed by atoms with Gasteiger partial charge in [0.05, 0.1) is 6.26 Å². The van der Waals surface area contributed by atoms with Gasteiger partial charge in [-0.1, -0.05) is 28.8 Å². The lowest BCUT2D eigenvalue weighted by molar-refractivity contribution is 0.437. The van der Waals surface area contributed by atoms with E-state index in [0.717, 1.165) is 0 Å². The maximum absolute atomic E-state index is 5.46. The van der Waals surface area contributed by atoms with E-state index in [9.17, 15) is 0 Å². The molecule has 0 saturated heterocycles. The zero-order chi connectivity index (χ0) is 9.10. The molecule has 2 atom stereocenters. The van der Waals surface area contributed by atoms with E-state index >= 15 is 0 Å². The van der Waals surface area contributed by atoms with Crippen molar-refractivity contribution < 1.29 is 4.42 Å². The van der Waals surface area contributed by atoms with Crippen LogP contribution in [-0.2, 0) is 0 Å². The molecule has 0 aliphatic heterocycles. The SMILES string of the molecule is BrC1CCCCC(c2ccco2)C1. The molecule has 0 radical (unpaired) electrons. The summed E-state index contributed by atoms with van der Waals surface area (Å²) < 4.78 is 5.46. The molecule has 0 amide bonds. The summed E-state index contributed by atoms with van der Waals surface area (Å²) in [6.07, 6.45) is 8.31. The molecule has 2 heteroatoms. The third-order valence-corrected chi connectivity index (χ3v) is 3.64. The molecule has 1 aliphatic rings. The summed E-state index contributed by atoms with van der Waals surface area (Å²) in [4.78, 5) is 0.685. The van der Waals surface area contributed by atoms with Crippen LogP contribution >= 0.6 is 15.9 Å². The van der Waals surface area contributed by atoms with E-state index < -0.39 is 0 Å². The molecule has 1 aromatic rings. The molecule has 0 spiro atoms. The van der Waals surface area contributed by atoms with E-state index in [2.05, 4.69) is 22.0 Å². The summed E-state index contributed by atoms with van der Waals surface area (Å²) in [5.41, 5.74) is 0. The van der Waals surface area contributed by atoms with Gasteiger partial charge >= 0.3 is 0 Å². The van der Waals surface area contributed by atoms with E-state index in [4.69, 9.17) is 4.42 Å². The predicted octanol–water partition coefficient (Wildman–Crippen LogP) is 4.09. The Kier molecular flexibility index (Phi) is 3.09. The van der Waals surface area contributed by atoms with Gasteiger partial charge < -0.3 is 4.42 Å². The quantitative estimate of drug-likeness (QED) is 0.534. The van der Waals surface area contributed by atoms with Gasteiger partial charge in [0, 0.05) is 10.7 Å². The number of hydrogen-bond acceptors (Lipinski definition) is 1. The number of furan rings is 1. The summed E-state index contributed by atoms with van der Waals surface area (Å²) in [5.74, 6) is 1.81. The molecule has 0 bridgehead atoms. The molecule has 0 N–H and O–H groups in total. The Balaban J connectivity index is 2.05. The number of hydrogen-bond donors (Lipinski definition) is 0. The largest absolute Gasteiger partial charge is 0.469 e. The highest BCUT2D eigenvalue weighted by Gasteiger charge is 2.21. The first kappa shape index (κ1) is 9.32. The van der Waals surface area contributed by atoms with Crippen molar-refractivity contribution in [2.45, 2.75) is 42.8 Å². The van der Waals surface area contributed by atoms with E-state index in [1.165, 1.54) is 37.9 Å². The van der Waals surface area contributed by atoms with Crippen LogP contribution in [0.2, 0.25) is 0 Å². The van der Waals surface area contributed by atoms with Gasteiger partial charge in [-0.05, 0) is 31.4 Å². The van der Waals surface area contributed by atoms with Crippen LogP contribution in [-0.4, -0.2) is 4.83 Å². The van der Waals surface area contributed by atoms with Gasteiger partial charge in [-0.2, -0.15) is 0 Å². The van der Waals surface area contributed by atoms with Crippen molar-refractivity contribution in [2.75, 3.05) is 0 Å². The van der Waals surface area contributed by atoms with E-state index in [0.29, 0.717) is 10.7 Å². The third-order valence-electron chi connectivity index (χ3n) is 2.81. The Morgan fingerprint density at radius 1 is 1.31 bits per heavy atom. The molecule has 13 heavy (non-hydrogen) atoms. The molecule has 1 aromatic heterocycles. The zero-order valence-electron chi connectivity index (χ0n) is 7.71. The Bertz CT molecular complexity index is 243. The van der Waals surface area contributed by atoms with Crippen LogP contribution in [0.5, 0.6) is 0 Å². The Morgan fingerprint density at radius 3 is 2.92 bits per heavy atom. The minimum absolute atomic E-state index is 0.641. The summed E-state index contributed by atoms with van der Waals surface area (Å²) in [6.45, 7) is 0. The predicted molar refractivity (Wildman–Crippen MR) is 57.2 cm³/mol. The molecule has 1 saturated carbocycles. The van der Waals surface area contributed by atoms with Gasteiger partial charge in [0.25, 0.3) is 0 Å². The van der Waals surface area contributed by atoms with E-state index in [1.807, 2.05) is 6.07 Å². The summed E-state index contributed by atoms with van der Waals surface area (Å²) in [6, 6.07) is 4.10. The van der Waals surface area contributed by atoms with Crippen LogP contribution in [0.3, 0.4) is 0 Å². The fourth-order valence-corrected chi connectivity index (χ4v) is 2.86. The normalized spacial score (nSPS) is 29.9. The van der Waals surface area contributed by atoms with Crippen LogP contribution in [0.25, 0.3) is 0 Å². The molecular formula is C11H15BrO. The Hall–Kier alpha value is -0.240. The molecule has 1 fully saturated rings. The monoisotopic (exact) mass is 242 g/mol. The molecule has 72 valence electrons. The van der Waals surface area contributed by atoms with Gasteiger partial charge in [-0.3, -0.25) is 0 Å². The second-order valence-corrected chi connectivity index (χ2v) is 5.12. The minimum atomic E-state index is 0.641. The Morgan fingerprint density at radius 2 is 2.15 bits per heavy atom. The van der Waals surface area contributed by atoms with Crippen molar-refractivity contribution in [3.05, 3.63) is 24.2 Å². The van der Waals surface area contributed by atoms with Crippen LogP contribution in [0, 0.1) is 0 Å². The summed E-state index contributed by atoms with van der Waals surface area (Å²) in [5, 5.41) is 0. The molecule has 2 unspecified atom stereocenters. The first-order valence-corrected chi connectivity index (χ1v) is 5.95. The number of rotatable bonds is 1. The van der Waals surface area contributed by atoms with Gasteiger partial charge in [0.1, 0.15) is 5.76 Å². The molecular weight excluding hydrogens is 228 g/mol. The highest BCUT2D eigenvalue weighted by Crippen LogP contribution is 2.34. The topological polar surface area (TPSA) is 13.1 Å². The van der Waals surface area contributed by atoms with Crippen molar-refractivity contribution in [2.24, 2.45) is 0 Å². The van der Waals surface area contributed by atoms with Crippen molar-refractivity contribution in [1.29, 1.82) is 0 Å². The molecule has 1 heterocycles. The summed E-state index contributed by atoms with van der Waals surface area (Å²) in [7, 11) is 0. The smallest absolute Gasteiger partial charge is 0.106 e. The van der Waals surface area contributed by atoms with Crippen molar-refractivity contribution in [1.82, 2.24) is 0 Å².